The smallest absolute Gasteiger partial charge is 0.309 e. The summed E-state index contributed by atoms with van der Waals surface area (Å²) in [6.07, 6.45) is -3.38. The molecule has 0 unspecified atom stereocenters. The van der Waals surface area contributed by atoms with E-state index < -0.39 is 24.4 Å². The van der Waals surface area contributed by atoms with Gasteiger partial charge in [-0.3, -0.25) is 4.79 Å². The number of halogens is 4. The van der Waals surface area contributed by atoms with Crippen molar-refractivity contribution in [2.24, 2.45) is 0 Å². The molecule has 0 aliphatic carbocycles. The third-order valence-electron chi connectivity index (χ3n) is 1.59. The second-order valence-electron chi connectivity index (χ2n) is 2.66. The lowest BCUT2D eigenvalue weighted by atomic mass is 10.1. The lowest BCUT2D eigenvalue weighted by molar-refractivity contribution is -0.136. The van der Waals surface area contributed by atoms with Crippen molar-refractivity contribution in [2.45, 2.75) is 12.8 Å². The van der Waals surface area contributed by atoms with Crippen LogP contribution in [0.4, 0.5) is 8.78 Å². The van der Waals surface area contributed by atoms with Crippen LogP contribution in [0, 0.1) is 3.70 Å². The average molecular weight is 347 g/mol. The first-order valence-corrected chi connectivity index (χ1v) is 5.22. The molecule has 0 saturated carbocycles. The summed E-state index contributed by atoms with van der Waals surface area (Å²) in [6, 6.07) is 1.27. The van der Waals surface area contributed by atoms with Crippen LogP contribution in [0.2, 0.25) is 5.02 Å². The van der Waals surface area contributed by atoms with Crippen LogP contribution < -0.4 is 0 Å². The Hall–Kier alpha value is -0.500. The van der Waals surface area contributed by atoms with Crippen LogP contribution in [0.1, 0.15) is 17.7 Å². The Morgan fingerprint density at radius 2 is 2.27 bits per heavy atom. The zero-order valence-electron chi connectivity index (χ0n) is 7.18. The summed E-state index contributed by atoms with van der Waals surface area (Å²) in [5, 5.41) is 8.37. The van der Waals surface area contributed by atoms with Gasteiger partial charge in [-0.1, -0.05) is 11.6 Å². The van der Waals surface area contributed by atoms with E-state index in [9.17, 15) is 13.6 Å². The maximum atomic E-state index is 12.6. The van der Waals surface area contributed by atoms with Gasteiger partial charge in [-0.15, -0.1) is 0 Å². The maximum absolute atomic E-state index is 12.6. The average Bonchev–Trinajstić information content (AvgIpc) is 1.99. The van der Waals surface area contributed by atoms with E-state index in [1.165, 1.54) is 6.07 Å². The third-order valence-corrected chi connectivity index (χ3v) is 2.46. The molecule has 0 radical (unpaired) electrons. The van der Waals surface area contributed by atoms with E-state index in [-0.39, 0.29) is 10.7 Å². The molecule has 0 fully saturated rings. The van der Waals surface area contributed by atoms with E-state index in [0.717, 1.165) is 0 Å². The first kappa shape index (κ1) is 12.6. The van der Waals surface area contributed by atoms with Crippen LogP contribution in [0.5, 0.6) is 0 Å². The van der Waals surface area contributed by atoms with Gasteiger partial charge >= 0.3 is 5.97 Å². The molecule has 1 N–H and O–H groups in total. The number of aromatic nitrogens is 1. The van der Waals surface area contributed by atoms with Crippen molar-refractivity contribution in [2.75, 3.05) is 0 Å². The molecule has 0 atom stereocenters. The number of aliphatic carboxylic acids is 1. The largest absolute Gasteiger partial charge is 0.481 e. The van der Waals surface area contributed by atoms with Gasteiger partial charge in [0.1, 0.15) is 3.70 Å². The molecule has 0 aliphatic heterocycles. The minimum atomic E-state index is -2.82. The minimum Gasteiger partial charge on any atom is -0.481 e. The highest BCUT2D eigenvalue weighted by atomic mass is 127. The van der Waals surface area contributed by atoms with Gasteiger partial charge < -0.3 is 5.11 Å². The number of carboxylic acid groups (broad SMARTS) is 1. The standard InChI is InChI=1S/C8H5ClF2INO2/c9-3-1-5(12)13-4(2-6(14)15)7(3)8(10)11/h1,8H,2H2,(H,14,15). The van der Waals surface area contributed by atoms with Gasteiger partial charge in [-0.2, -0.15) is 0 Å². The Morgan fingerprint density at radius 1 is 1.67 bits per heavy atom. The Kier molecular flexibility index (Phi) is 4.21. The summed E-state index contributed by atoms with van der Waals surface area (Å²) in [4.78, 5) is 14.2. The van der Waals surface area contributed by atoms with Gasteiger partial charge in [0.25, 0.3) is 6.43 Å². The van der Waals surface area contributed by atoms with Crippen LogP contribution in [0.3, 0.4) is 0 Å². The molecular formula is C8H5ClF2INO2. The van der Waals surface area contributed by atoms with Gasteiger partial charge in [0.05, 0.1) is 22.7 Å². The van der Waals surface area contributed by atoms with Gasteiger partial charge in [0.15, 0.2) is 0 Å². The zero-order chi connectivity index (χ0) is 11.6. The van der Waals surface area contributed by atoms with Crippen molar-refractivity contribution >= 4 is 40.2 Å². The fraction of sp³-hybridized carbons (Fsp3) is 0.250. The number of nitrogens with zero attached hydrogens (tertiary/aromatic N) is 1. The third kappa shape index (κ3) is 3.23. The zero-order valence-corrected chi connectivity index (χ0v) is 10.1. The van der Waals surface area contributed by atoms with E-state index in [1.807, 2.05) is 0 Å². The molecular weight excluding hydrogens is 342 g/mol. The molecule has 0 saturated heterocycles. The predicted octanol–water partition coefficient (Wildman–Crippen LogP) is 2.90. The van der Waals surface area contributed by atoms with Crippen molar-refractivity contribution in [1.29, 1.82) is 0 Å². The molecule has 0 aliphatic rings. The lowest BCUT2D eigenvalue weighted by Crippen LogP contribution is -2.08. The van der Waals surface area contributed by atoms with E-state index in [1.54, 1.807) is 22.6 Å². The van der Waals surface area contributed by atoms with Crippen molar-refractivity contribution in [1.82, 2.24) is 4.98 Å². The first-order chi connectivity index (χ1) is 6.91. The van der Waals surface area contributed by atoms with Crippen molar-refractivity contribution in [3.05, 3.63) is 26.0 Å². The molecule has 0 spiro atoms. The monoisotopic (exact) mass is 347 g/mol. The van der Waals surface area contributed by atoms with Gasteiger partial charge in [0, 0.05) is 0 Å². The topological polar surface area (TPSA) is 50.2 Å². The number of carboxylic acids is 1. The van der Waals surface area contributed by atoms with Crippen molar-refractivity contribution in [3.8, 4) is 0 Å². The second-order valence-corrected chi connectivity index (χ2v) is 4.17. The number of rotatable bonds is 3. The summed E-state index contributed by atoms with van der Waals surface area (Å²) < 4.78 is 25.5. The molecule has 0 amide bonds. The van der Waals surface area contributed by atoms with E-state index in [4.69, 9.17) is 16.7 Å². The lowest BCUT2D eigenvalue weighted by Gasteiger charge is -2.08. The number of hydrogen-bond donors (Lipinski definition) is 1. The maximum Gasteiger partial charge on any atom is 0.309 e. The molecule has 0 aromatic carbocycles. The van der Waals surface area contributed by atoms with Crippen LogP contribution in [0.15, 0.2) is 6.07 Å². The quantitative estimate of drug-likeness (QED) is 0.676. The van der Waals surface area contributed by atoms with Crippen molar-refractivity contribution < 1.29 is 18.7 Å². The molecule has 1 rings (SSSR count). The van der Waals surface area contributed by atoms with Gasteiger partial charge in [0.2, 0.25) is 0 Å². The summed E-state index contributed by atoms with van der Waals surface area (Å²) in [7, 11) is 0. The number of carbonyl (C=O) groups is 1. The summed E-state index contributed by atoms with van der Waals surface area (Å²) >= 11 is 7.38. The molecule has 3 nitrogen and oxygen atoms in total. The molecule has 15 heavy (non-hydrogen) atoms. The summed E-state index contributed by atoms with van der Waals surface area (Å²) in [5.41, 5.74) is -0.686. The normalized spacial score (nSPS) is 10.7. The van der Waals surface area contributed by atoms with Gasteiger partial charge in [-0.05, 0) is 28.7 Å². The fourth-order valence-electron chi connectivity index (χ4n) is 1.05. The number of hydrogen-bond acceptors (Lipinski definition) is 2. The number of alkyl halides is 2. The summed E-state index contributed by atoms with van der Waals surface area (Å²) in [5.74, 6) is -1.22. The Morgan fingerprint density at radius 3 is 2.73 bits per heavy atom. The second kappa shape index (κ2) is 5.02. The van der Waals surface area contributed by atoms with Crippen LogP contribution in [-0.4, -0.2) is 16.1 Å². The predicted molar refractivity (Wildman–Crippen MR) is 58.3 cm³/mol. The molecule has 0 bridgehead atoms. The molecule has 1 aromatic heterocycles. The fourth-order valence-corrected chi connectivity index (χ4v) is 2.13. The van der Waals surface area contributed by atoms with E-state index >= 15 is 0 Å². The Balaban J connectivity index is 3.26. The summed E-state index contributed by atoms with van der Waals surface area (Å²) in [6.45, 7) is 0. The molecule has 7 heteroatoms. The van der Waals surface area contributed by atoms with Crippen LogP contribution in [0.25, 0.3) is 0 Å². The molecule has 1 aromatic rings. The minimum absolute atomic E-state index is 0.152. The molecule has 82 valence electrons. The van der Waals surface area contributed by atoms with Crippen molar-refractivity contribution in [3.63, 3.8) is 0 Å². The van der Waals surface area contributed by atoms with Crippen LogP contribution in [-0.2, 0) is 11.2 Å². The van der Waals surface area contributed by atoms with Crippen LogP contribution >= 0.6 is 34.2 Å². The Bertz CT molecular complexity index is 400. The highest BCUT2D eigenvalue weighted by Gasteiger charge is 2.20. The highest BCUT2D eigenvalue weighted by Crippen LogP contribution is 2.30. The first-order valence-electron chi connectivity index (χ1n) is 3.76. The number of pyridine rings is 1. The molecule has 1 heterocycles. The highest BCUT2D eigenvalue weighted by molar-refractivity contribution is 14.1. The SMILES string of the molecule is O=C(O)Cc1nc(I)cc(Cl)c1C(F)F. The Labute approximate surface area is 103 Å². The van der Waals surface area contributed by atoms with Gasteiger partial charge in [-0.25, -0.2) is 13.8 Å². The van der Waals surface area contributed by atoms with E-state index in [2.05, 4.69) is 4.98 Å². The van der Waals surface area contributed by atoms with E-state index in [0.29, 0.717) is 3.70 Å².